The summed E-state index contributed by atoms with van der Waals surface area (Å²) in [5.41, 5.74) is 3.73. The molecule has 1 N–H and O–H groups in total. The fourth-order valence-corrected chi connectivity index (χ4v) is 4.02. The fourth-order valence-electron chi connectivity index (χ4n) is 4.02. The molecule has 8 heteroatoms. The van der Waals surface area contributed by atoms with E-state index in [1.165, 1.54) is 12.1 Å². The number of rotatable bonds is 9. The van der Waals surface area contributed by atoms with Crippen molar-refractivity contribution in [3.63, 3.8) is 0 Å². The van der Waals surface area contributed by atoms with Crippen molar-refractivity contribution in [2.75, 3.05) is 19.0 Å². The molecular weight excluding hydrogens is 470 g/mol. The van der Waals surface area contributed by atoms with Crippen LogP contribution < -0.4 is 10.1 Å². The Morgan fingerprint density at radius 1 is 0.973 bits per heavy atom. The Bertz CT molecular complexity index is 1290. The van der Waals surface area contributed by atoms with Gasteiger partial charge in [0.05, 0.1) is 31.5 Å². The van der Waals surface area contributed by atoms with Crippen LogP contribution in [0.15, 0.2) is 84.0 Å². The molecule has 2 amide bonds. The molecule has 1 atom stereocenters. The van der Waals surface area contributed by atoms with Gasteiger partial charge in [0.2, 0.25) is 12.0 Å². The minimum absolute atomic E-state index is 0.0702. The Morgan fingerprint density at radius 3 is 2.38 bits per heavy atom. The Balaban J connectivity index is 1.40. The van der Waals surface area contributed by atoms with Gasteiger partial charge in [-0.3, -0.25) is 14.4 Å². The summed E-state index contributed by atoms with van der Waals surface area (Å²) in [6.07, 6.45) is -0.780. The standard InChI is InChI=1S/C29H29N3O5/c1-20-13-14-25(36-2)24(19-20)30-29(35)28(22-11-7-4-8-12-22)37-27(34)16-15-26(33)32-18-17-23(31-32)21-9-5-3-6-10-21/h3-14,19,28H,15-18H2,1-2H3,(H,30,35). The molecule has 190 valence electrons. The predicted molar refractivity (Wildman–Crippen MR) is 140 cm³/mol. The number of nitrogens with one attached hydrogen (secondary N) is 1. The number of aryl methyl sites for hydroxylation is 1. The summed E-state index contributed by atoms with van der Waals surface area (Å²) in [5.74, 6) is -0.955. The Morgan fingerprint density at radius 2 is 1.68 bits per heavy atom. The van der Waals surface area contributed by atoms with E-state index in [-0.39, 0.29) is 18.7 Å². The predicted octanol–water partition coefficient (Wildman–Crippen LogP) is 4.64. The van der Waals surface area contributed by atoms with E-state index < -0.39 is 18.0 Å². The molecule has 4 rings (SSSR count). The van der Waals surface area contributed by atoms with Gasteiger partial charge in [0.15, 0.2) is 0 Å². The molecule has 0 saturated carbocycles. The number of ether oxygens (including phenoxy) is 2. The highest BCUT2D eigenvalue weighted by atomic mass is 16.5. The van der Waals surface area contributed by atoms with Crippen molar-refractivity contribution in [2.24, 2.45) is 5.10 Å². The van der Waals surface area contributed by atoms with Crippen molar-refractivity contribution in [1.82, 2.24) is 5.01 Å². The Hall–Kier alpha value is -4.46. The highest BCUT2D eigenvalue weighted by Gasteiger charge is 2.27. The number of methoxy groups -OCH3 is 1. The van der Waals surface area contributed by atoms with E-state index in [1.807, 2.05) is 49.4 Å². The highest BCUT2D eigenvalue weighted by Crippen LogP contribution is 2.28. The number of hydrazone groups is 1. The maximum atomic E-state index is 13.2. The third-order valence-corrected chi connectivity index (χ3v) is 5.94. The lowest BCUT2D eigenvalue weighted by atomic mass is 10.1. The second kappa shape index (κ2) is 12.0. The number of nitrogens with zero attached hydrogens (tertiary/aromatic N) is 2. The van der Waals surface area contributed by atoms with Crippen molar-refractivity contribution in [1.29, 1.82) is 0 Å². The van der Waals surface area contributed by atoms with Gasteiger partial charge < -0.3 is 14.8 Å². The molecule has 3 aromatic rings. The SMILES string of the molecule is COc1ccc(C)cc1NC(=O)C(OC(=O)CCC(=O)N1CCC(c2ccccc2)=N1)c1ccccc1. The van der Waals surface area contributed by atoms with Crippen LogP contribution in [0.25, 0.3) is 0 Å². The molecule has 0 saturated heterocycles. The molecule has 0 radical (unpaired) electrons. The number of hydrogen-bond donors (Lipinski definition) is 1. The molecule has 0 spiro atoms. The van der Waals surface area contributed by atoms with Crippen LogP contribution in [0.5, 0.6) is 5.75 Å². The number of carbonyl (C=O) groups is 3. The van der Waals surface area contributed by atoms with Gasteiger partial charge >= 0.3 is 5.97 Å². The maximum Gasteiger partial charge on any atom is 0.307 e. The van der Waals surface area contributed by atoms with E-state index in [9.17, 15) is 14.4 Å². The third kappa shape index (κ3) is 6.61. The summed E-state index contributed by atoms with van der Waals surface area (Å²) in [4.78, 5) is 38.6. The lowest BCUT2D eigenvalue weighted by molar-refractivity contribution is -0.155. The zero-order chi connectivity index (χ0) is 26.2. The lowest BCUT2D eigenvalue weighted by Gasteiger charge is -2.19. The van der Waals surface area contributed by atoms with Crippen molar-refractivity contribution in [3.8, 4) is 5.75 Å². The lowest BCUT2D eigenvalue weighted by Crippen LogP contribution is -2.27. The number of anilines is 1. The van der Waals surface area contributed by atoms with Crippen LogP contribution in [-0.2, 0) is 19.1 Å². The summed E-state index contributed by atoms with van der Waals surface area (Å²) < 4.78 is 10.9. The third-order valence-electron chi connectivity index (χ3n) is 5.94. The minimum atomic E-state index is -1.19. The molecule has 0 bridgehead atoms. The van der Waals surface area contributed by atoms with E-state index in [0.717, 1.165) is 16.8 Å². The number of amides is 2. The van der Waals surface area contributed by atoms with Crippen LogP contribution >= 0.6 is 0 Å². The molecule has 0 aromatic heterocycles. The Labute approximate surface area is 215 Å². The average molecular weight is 500 g/mol. The molecule has 1 heterocycles. The van der Waals surface area contributed by atoms with Crippen LogP contribution in [0.2, 0.25) is 0 Å². The molecule has 1 aliphatic rings. The zero-order valence-corrected chi connectivity index (χ0v) is 20.8. The number of esters is 1. The molecule has 3 aromatic carbocycles. The van der Waals surface area contributed by atoms with E-state index in [1.54, 1.807) is 36.4 Å². The van der Waals surface area contributed by atoms with E-state index in [0.29, 0.717) is 30.0 Å². The first-order valence-corrected chi connectivity index (χ1v) is 12.1. The van der Waals surface area contributed by atoms with Gasteiger partial charge in [-0.05, 0) is 30.2 Å². The second-order valence-electron chi connectivity index (χ2n) is 8.65. The maximum absolute atomic E-state index is 13.2. The van der Waals surface area contributed by atoms with E-state index in [4.69, 9.17) is 9.47 Å². The largest absolute Gasteiger partial charge is 0.495 e. The number of hydrogen-bond acceptors (Lipinski definition) is 6. The Kier molecular flexibility index (Phi) is 8.30. The van der Waals surface area contributed by atoms with Gasteiger partial charge in [0, 0.05) is 18.4 Å². The average Bonchev–Trinajstić information content (AvgIpc) is 3.42. The number of benzene rings is 3. The van der Waals surface area contributed by atoms with Crippen molar-refractivity contribution < 1.29 is 23.9 Å². The van der Waals surface area contributed by atoms with Gasteiger partial charge in [-0.15, -0.1) is 0 Å². The van der Waals surface area contributed by atoms with Gasteiger partial charge in [0.25, 0.3) is 5.91 Å². The quantitative estimate of drug-likeness (QED) is 0.433. The molecule has 1 aliphatic heterocycles. The normalized spacial score (nSPS) is 13.5. The van der Waals surface area contributed by atoms with Crippen molar-refractivity contribution >= 4 is 29.2 Å². The minimum Gasteiger partial charge on any atom is -0.495 e. The molecule has 0 fully saturated rings. The van der Waals surface area contributed by atoms with Gasteiger partial charge in [-0.25, -0.2) is 5.01 Å². The van der Waals surface area contributed by atoms with Gasteiger partial charge in [-0.1, -0.05) is 66.7 Å². The summed E-state index contributed by atoms with van der Waals surface area (Å²) in [6.45, 7) is 2.36. The van der Waals surface area contributed by atoms with Crippen molar-refractivity contribution in [3.05, 3.63) is 95.6 Å². The molecular formula is C29H29N3O5. The van der Waals surface area contributed by atoms with Gasteiger partial charge in [0.1, 0.15) is 5.75 Å². The highest BCUT2D eigenvalue weighted by molar-refractivity contribution is 6.02. The van der Waals surface area contributed by atoms with E-state index >= 15 is 0 Å². The van der Waals surface area contributed by atoms with E-state index in [2.05, 4.69) is 10.4 Å². The number of carbonyl (C=O) groups excluding carboxylic acids is 3. The fraction of sp³-hybridized carbons (Fsp3) is 0.241. The summed E-state index contributed by atoms with van der Waals surface area (Å²) in [5, 5.41) is 8.61. The van der Waals surface area contributed by atoms with Crippen LogP contribution in [-0.4, -0.2) is 42.2 Å². The first-order chi connectivity index (χ1) is 17.9. The van der Waals surface area contributed by atoms with Crippen LogP contribution in [0.1, 0.15) is 42.1 Å². The van der Waals surface area contributed by atoms with Crippen molar-refractivity contribution in [2.45, 2.75) is 32.3 Å². The summed E-state index contributed by atoms with van der Waals surface area (Å²) in [7, 11) is 1.51. The first-order valence-electron chi connectivity index (χ1n) is 12.1. The molecule has 1 unspecified atom stereocenters. The van der Waals surface area contributed by atoms with Crippen LogP contribution in [0, 0.1) is 6.92 Å². The van der Waals surface area contributed by atoms with Gasteiger partial charge in [-0.2, -0.15) is 5.10 Å². The first kappa shape index (κ1) is 25.6. The zero-order valence-electron chi connectivity index (χ0n) is 20.8. The summed E-state index contributed by atoms with van der Waals surface area (Å²) >= 11 is 0. The second-order valence-corrected chi connectivity index (χ2v) is 8.65. The topological polar surface area (TPSA) is 97.3 Å². The molecule has 0 aliphatic carbocycles. The van der Waals surface area contributed by atoms with Crippen LogP contribution in [0.4, 0.5) is 5.69 Å². The molecule has 8 nitrogen and oxygen atoms in total. The smallest absolute Gasteiger partial charge is 0.307 e. The monoisotopic (exact) mass is 499 g/mol. The summed E-state index contributed by atoms with van der Waals surface area (Å²) in [6, 6.07) is 23.8. The molecule has 37 heavy (non-hydrogen) atoms. The van der Waals surface area contributed by atoms with Crippen LogP contribution in [0.3, 0.4) is 0 Å².